The number of halogens is 1. The molecule has 1 aromatic rings. The van der Waals surface area contributed by atoms with Crippen LogP contribution in [-0.4, -0.2) is 64.1 Å². The second-order valence-electron chi connectivity index (χ2n) is 7.98. The first-order chi connectivity index (χ1) is 15.0. The van der Waals surface area contributed by atoms with Crippen molar-refractivity contribution < 1.29 is 52.2 Å². The molecule has 7 heteroatoms. The topological polar surface area (TPSA) is 54.0 Å². The highest BCUT2D eigenvalue weighted by Crippen LogP contribution is 2.39. The van der Waals surface area contributed by atoms with Crippen molar-refractivity contribution in [3.63, 3.8) is 0 Å². The highest BCUT2D eigenvalue weighted by Gasteiger charge is 2.21. The molecule has 0 fully saturated rings. The number of rotatable bonds is 17. The Morgan fingerprint density at radius 2 is 1.38 bits per heavy atom. The van der Waals surface area contributed by atoms with Gasteiger partial charge in [-0.3, -0.25) is 0 Å². The van der Waals surface area contributed by atoms with E-state index in [9.17, 15) is 4.79 Å². The molecule has 0 aliphatic rings. The van der Waals surface area contributed by atoms with Crippen LogP contribution in [0.3, 0.4) is 0 Å². The zero-order valence-electron chi connectivity index (χ0n) is 21.0. The Balaban J connectivity index is 0.00000961. The zero-order chi connectivity index (χ0) is 23.1. The standard InChI is InChI=1S/C25H44NO5.HI/c1-7-11-12-14-17-30-24-22(28-5)19-21(20-23(24)29-6)25(27)31-18-15-13-16-26(8-2,9-3)10-4;/h19-20H,7-18H2,1-6H3;1H/q+1;/p-1. The fraction of sp³-hybridized carbons (Fsp3) is 0.720. The van der Waals surface area contributed by atoms with Crippen molar-refractivity contribution in [1.29, 1.82) is 0 Å². The molecule has 0 bridgehead atoms. The summed E-state index contributed by atoms with van der Waals surface area (Å²) >= 11 is 0. The molecular weight excluding hydrogens is 521 g/mol. The number of nitrogens with zero attached hydrogens (tertiary/aromatic N) is 1. The van der Waals surface area contributed by atoms with Crippen molar-refractivity contribution >= 4 is 5.97 Å². The Morgan fingerprint density at radius 1 is 0.812 bits per heavy atom. The monoisotopic (exact) mass is 565 g/mol. The predicted octanol–water partition coefficient (Wildman–Crippen LogP) is 2.48. The molecule has 0 spiro atoms. The van der Waals surface area contributed by atoms with Crippen molar-refractivity contribution in [2.45, 2.75) is 66.2 Å². The van der Waals surface area contributed by atoms with Crippen LogP contribution in [-0.2, 0) is 4.74 Å². The molecular formula is C25H44INO5. The van der Waals surface area contributed by atoms with Crippen LogP contribution in [0.15, 0.2) is 12.1 Å². The van der Waals surface area contributed by atoms with Crippen LogP contribution in [0, 0.1) is 0 Å². The van der Waals surface area contributed by atoms with E-state index in [-0.39, 0.29) is 29.9 Å². The third-order valence-corrected chi connectivity index (χ3v) is 6.21. The fourth-order valence-electron chi connectivity index (χ4n) is 3.79. The van der Waals surface area contributed by atoms with Gasteiger partial charge in [0.1, 0.15) is 0 Å². The van der Waals surface area contributed by atoms with E-state index in [1.807, 2.05) is 0 Å². The molecule has 32 heavy (non-hydrogen) atoms. The number of benzene rings is 1. The summed E-state index contributed by atoms with van der Waals surface area (Å²) in [6, 6.07) is 3.33. The SMILES string of the molecule is CCCCCCOc1c(OC)cc(C(=O)OCCCC[N+](CC)(CC)CC)cc1OC.[I-]. The van der Waals surface area contributed by atoms with Crippen LogP contribution in [0.25, 0.3) is 0 Å². The summed E-state index contributed by atoms with van der Waals surface area (Å²) in [5.41, 5.74) is 0.410. The van der Waals surface area contributed by atoms with Gasteiger partial charge in [0.05, 0.1) is 59.2 Å². The zero-order valence-corrected chi connectivity index (χ0v) is 23.2. The summed E-state index contributed by atoms with van der Waals surface area (Å²) < 4.78 is 23.4. The Labute approximate surface area is 212 Å². The van der Waals surface area contributed by atoms with Gasteiger partial charge in [0.2, 0.25) is 5.75 Å². The number of quaternary nitrogens is 1. The summed E-state index contributed by atoms with van der Waals surface area (Å²) in [7, 11) is 3.13. The van der Waals surface area contributed by atoms with E-state index in [0.29, 0.717) is 36.0 Å². The first kappa shape index (κ1) is 30.8. The number of carbonyl (C=O) groups is 1. The molecule has 0 heterocycles. The first-order valence-electron chi connectivity index (χ1n) is 11.9. The first-order valence-corrected chi connectivity index (χ1v) is 11.9. The summed E-state index contributed by atoms with van der Waals surface area (Å²) in [4.78, 5) is 12.6. The summed E-state index contributed by atoms with van der Waals surface area (Å²) in [6.45, 7) is 14.4. The van der Waals surface area contributed by atoms with Crippen LogP contribution in [0.2, 0.25) is 0 Å². The molecule has 0 aromatic heterocycles. The molecule has 0 saturated heterocycles. The molecule has 0 N–H and O–H groups in total. The molecule has 0 radical (unpaired) electrons. The van der Waals surface area contributed by atoms with E-state index >= 15 is 0 Å². The molecule has 0 aliphatic heterocycles. The number of ether oxygens (including phenoxy) is 4. The van der Waals surface area contributed by atoms with Gasteiger partial charge in [-0.05, 0) is 52.2 Å². The molecule has 0 aliphatic carbocycles. The molecule has 0 unspecified atom stereocenters. The van der Waals surface area contributed by atoms with Crippen LogP contribution in [0.4, 0.5) is 0 Å². The van der Waals surface area contributed by atoms with E-state index in [1.165, 1.54) is 12.8 Å². The smallest absolute Gasteiger partial charge is 0.338 e. The van der Waals surface area contributed by atoms with Gasteiger partial charge in [-0.1, -0.05) is 26.2 Å². The Morgan fingerprint density at radius 3 is 1.88 bits per heavy atom. The predicted molar refractivity (Wildman–Crippen MR) is 125 cm³/mol. The average Bonchev–Trinajstić information content (AvgIpc) is 2.81. The van der Waals surface area contributed by atoms with Gasteiger partial charge in [-0.15, -0.1) is 0 Å². The van der Waals surface area contributed by atoms with Crippen LogP contribution < -0.4 is 38.2 Å². The molecule has 6 nitrogen and oxygen atoms in total. The highest BCUT2D eigenvalue weighted by molar-refractivity contribution is 5.91. The highest BCUT2D eigenvalue weighted by atomic mass is 127. The number of methoxy groups -OCH3 is 2. The second-order valence-corrected chi connectivity index (χ2v) is 7.98. The lowest BCUT2D eigenvalue weighted by atomic mass is 10.1. The summed E-state index contributed by atoms with van der Waals surface area (Å²) in [5.74, 6) is 1.13. The van der Waals surface area contributed by atoms with E-state index in [0.717, 1.165) is 56.3 Å². The van der Waals surface area contributed by atoms with Gasteiger partial charge in [0.15, 0.2) is 11.5 Å². The van der Waals surface area contributed by atoms with Gasteiger partial charge < -0.3 is 47.4 Å². The van der Waals surface area contributed by atoms with Gasteiger partial charge in [-0.2, -0.15) is 0 Å². The average molecular weight is 566 g/mol. The number of hydrogen-bond acceptors (Lipinski definition) is 5. The number of unbranched alkanes of at least 4 members (excludes halogenated alkanes) is 4. The van der Waals surface area contributed by atoms with Crippen LogP contribution in [0.1, 0.15) is 76.6 Å². The lowest BCUT2D eigenvalue weighted by Gasteiger charge is -2.35. The van der Waals surface area contributed by atoms with E-state index < -0.39 is 0 Å². The van der Waals surface area contributed by atoms with Crippen molar-refractivity contribution in [2.75, 3.05) is 53.6 Å². The molecule has 0 amide bonds. The van der Waals surface area contributed by atoms with Crippen LogP contribution >= 0.6 is 0 Å². The van der Waals surface area contributed by atoms with Crippen molar-refractivity contribution in [3.8, 4) is 17.2 Å². The number of esters is 1. The Kier molecular flexibility index (Phi) is 16.6. The van der Waals surface area contributed by atoms with E-state index in [4.69, 9.17) is 18.9 Å². The van der Waals surface area contributed by atoms with E-state index in [1.54, 1.807) is 26.4 Å². The summed E-state index contributed by atoms with van der Waals surface area (Å²) in [6.07, 6.45) is 6.37. The third kappa shape index (κ3) is 9.73. The lowest BCUT2D eigenvalue weighted by Crippen LogP contribution is -3.00. The fourth-order valence-corrected chi connectivity index (χ4v) is 3.79. The quantitative estimate of drug-likeness (QED) is 0.126. The Bertz CT molecular complexity index is 616. The molecule has 186 valence electrons. The minimum atomic E-state index is -0.367. The number of hydrogen-bond donors (Lipinski definition) is 0. The normalized spacial score (nSPS) is 10.9. The third-order valence-electron chi connectivity index (χ3n) is 6.21. The number of carbonyl (C=O) groups excluding carboxylic acids is 1. The van der Waals surface area contributed by atoms with Gasteiger partial charge in [0.25, 0.3) is 0 Å². The maximum Gasteiger partial charge on any atom is 0.338 e. The van der Waals surface area contributed by atoms with Gasteiger partial charge >= 0.3 is 5.97 Å². The van der Waals surface area contributed by atoms with E-state index in [2.05, 4.69) is 27.7 Å². The van der Waals surface area contributed by atoms with Gasteiger partial charge in [-0.25, -0.2) is 4.79 Å². The van der Waals surface area contributed by atoms with Crippen molar-refractivity contribution in [1.82, 2.24) is 0 Å². The molecule has 1 rings (SSSR count). The maximum atomic E-state index is 12.6. The molecule has 1 aromatic carbocycles. The summed E-state index contributed by atoms with van der Waals surface area (Å²) in [5, 5.41) is 0. The molecule has 0 atom stereocenters. The molecule has 0 saturated carbocycles. The van der Waals surface area contributed by atoms with Crippen molar-refractivity contribution in [3.05, 3.63) is 17.7 Å². The minimum Gasteiger partial charge on any atom is -1.00 e. The van der Waals surface area contributed by atoms with Crippen LogP contribution in [0.5, 0.6) is 17.2 Å². The minimum absolute atomic E-state index is 0. The second kappa shape index (κ2) is 17.3. The Hall–Kier alpha value is -1.22. The van der Waals surface area contributed by atoms with Crippen molar-refractivity contribution in [2.24, 2.45) is 0 Å². The maximum absolute atomic E-state index is 12.6. The van der Waals surface area contributed by atoms with Gasteiger partial charge in [0, 0.05) is 0 Å². The largest absolute Gasteiger partial charge is 1.00 e. The lowest BCUT2D eigenvalue weighted by molar-refractivity contribution is -0.923.